The van der Waals surface area contributed by atoms with Gasteiger partial charge < -0.3 is 49.2 Å². The zero-order chi connectivity index (χ0) is 37.8. The Kier molecular flexibility index (Phi) is 16.8. The molecule has 2 aliphatic rings. The molecule has 12 atom stereocenters. The first kappa shape index (κ1) is 42.4. The lowest BCUT2D eigenvalue weighted by Gasteiger charge is -2.46. The highest BCUT2D eigenvalue weighted by Crippen LogP contribution is 2.34. The first-order valence-corrected chi connectivity index (χ1v) is 17.8. The van der Waals surface area contributed by atoms with Crippen LogP contribution in [0.4, 0.5) is 4.39 Å². The number of hydrogen-bond acceptors (Lipinski definition) is 12. The van der Waals surface area contributed by atoms with Gasteiger partial charge in [0.05, 0.1) is 49.2 Å². The first-order valence-electron chi connectivity index (χ1n) is 17.8. The number of rotatable bonds is 10. The number of halogens is 1. The number of carbonyl (C=O) groups is 2. The number of ether oxygens (including phenoxy) is 3. The van der Waals surface area contributed by atoms with Crippen LogP contribution in [0.2, 0.25) is 0 Å². The number of allylic oxidation sites excluding steroid dienone is 3. The maximum atomic E-state index is 13.5. The van der Waals surface area contributed by atoms with Crippen molar-refractivity contribution in [3.8, 4) is 0 Å². The molecule has 0 aromatic heterocycles. The standard InChI is InChI=1S/C38H57FN2O10/c1-8-32-28(20-43)17-22(2)9-14-30(40-48-21-26-10-12-29(39)13-11-26)23(3)18-27(15-16-42)37(24(4)31(44)19-33(45)50-32)51-38-36(47)34(41(6)7)35(46)25(5)49-38/h9-14,16-17,23-25,27-28,31-32,34-38,43-44,46-47H,8,15,18-21H2,1-7H3/b14-9+,22-17+,40-30+/t23-,24+,25?,27+,28?,31-,32-,34?,35?,36?,37-,38?/m1/s1. The summed E-state index contributed by atoms with van der Waals surface area (Å²) in [7, 11) is 3.45. The van der Waals surface area contributed by atoms with Crippen LogP contribution in [0, 0.1) is 29.5 Å². The summed E-state index contributed by atoms with van der Waals surface area (Å²) >= 11 is 0. The van der Waals surface area contributed by atoms with Crippen LogP contribution in [-0.2, 0) is 35.2 Å². The number of aliphatic hydroxyl groups is 4. The second-order valence-corrected chi connectivity index (χ2v) is 14.1. The van der Waals surface area contributed by atoms with E-state index in [9.17, 15) is 34.4 Å². The monoisotopic (exact) mass is 720 g/mol. The maximum Gasteiger partial charge on any atom is 0.308 e. The molecule has 13 heteroatoms. The molecule has 3 rings (SSSR count). The Balaban J connectivity index is 2.07. The fourth-order valence-corrected chi connectivity index (χ4v) is 6.82. The van der Waals surface area contributed by atoms with E-state index < -0.39 is 72.7 Å². The molecule has 4 N–H and O–H groups in total. The third kappa shape index (κ3) is 12.0. The minimum absolute atomic E-state index is 0.0110. The van der Waals surface area contributed by atoms with E-state index in [1.807, 2.05) is 32.9 Å². The van der Waals surface area contributed by atoms with Gasteiger partial charge in [0, 0.05) is 24.2 Å². The summed E-state index contributed by atoms with van der Waals surface area (Å²) in [4.78, 5) is 32.8. The van der Waals surface area contributed by atoms with E-state index in [2.05, 4.69) is 5.16 Å². The van der Waals surface area contributed by atoms with Crippen molar-refractivity contribution >= 4 is 18.0 Å². The van der Waals surface area contributed by atoms with E-state index >= 15 is 0 Å². The number of carbonyl (C=O) groups excluding carboxylic acids is 2. The van der Waals surface area contributed by atoms with Crippen molar-refractivity contribution in [2.45, 2.75) is 116 Å². The van der Waals surface area contributed by atoms with Crippen molar-refractivity contribution in [2.75, 3.05) is 20.7 Å². The molecule has 1 fully saturated rings. The lowest BCUT2D eigenvalue weighted by molar-refractivity contribution is -0.304. The van der Waals surface area contributed by atoms with E-state index in [0.29, 0.717) is 24.1 Å². The predicted molar refractivity (Wildman–Crippen MR) is 189 cm³/mol. The molecule has 51 heavy (non-hydrogen) atoms. The summed E-state index contributed by atoms with van der Waals surface area (Å²) in [6, 6.07) is 5.14. The Morgan fingerprint density at radius 3 is 2.37 bits per heavy atom. The Hall–Kier alpha value is -3.04. The van der Waals surface area contributed by atoms with Gasteiger partial charge in [-0.25, -0.2) is 4.39 Å². The smallest absolute Gasteiger partial charge is 0.308 e. The zero-order valence-electron chi connectivity index (χ0n) is 30.8. The third-order valence-corrected chi connectivity index (χ3v) is 9.90. The van der Waals surface area contributed by atoms with Crippen LogP contribution in [-0.4, -0.2) is 113 Å². The van der Waals surface area contributed by atoms with Gasteiger partial charge in [0.15, 0.2) is 6.29 Å². The van der Waals surface area contributed by atoms with Crippen LogP contribution >= 0.6 is 0 Å². The topological polar surface area (TPSA) is 168 Å². The van der Waals surface area contributed by atoms with Crippen LogP contribution in [0.1, 0.15) is 65.9 Å². The summed E-state index contributed by atoms with van der Waals surface area (Å²) < 4.78 is 31.7. The number of esters is 1. The average molecular weight is 721 g/mol. The molecule has 1 saturated heterocycles. The van der Waals surface area contributed by atoms with Crippen LogP contribution in [0.3, 0.4) is 0 Å². The highest BCUT2D eigenvalue weighted by molar-refractivity contribution is 5.96. The second kappa shape index (κ2) is 20.3. The van der Waals surface area contributed by atoms with Gasteiger partial charge in [-0.15, -0.1) is 0 Å². The van der Waals surface area contributed by atoms with E-state index in [0.717, 1.165) is 11.9 Å². The number of hydrogen-bond donors (Lipinski definition) is 4. The second-order valence-electron chi connectivity index (χ2n) is 14.1. The highest BCUT2D eigenvalue weighted by atomic mass is 19.1. The van der Waals surface area contributed by atoms with Crippen molar-refractivity contribution in [1.29, 1.82) is 0 Å². The molecule has 2 heterocycles. The molecule has 0 aliphatic carbocycles. The molecule has 2 aliphatic heterocycles. The summed E-state index contributed by atoms with van der Waals surface area (Å²) in [5, 5.41) is 48.3. The zero-order valence-corrected chi connectivity index (χ0v) is 30.8. The molecule has 0 spiro atoms. The van der Waals surface area contributed by atoms with Crippen molar-refractivity contribution in [3.63, 3.8) is 0 Å². The van der Waals surface area contributed by atoms with Gasteiger partial charge in [-0.05, 0) is 70.5 Å². The Labute approximate surface area is 300 Å². The van der Waals surface area contributed by atoms with Crippen LogP contribution in [0.5, 0.6) is 0 Å². The lowest BCUT2D eigenvalue weighted by Crippen LogP contribution is -2.63. The average Bonchev–Trinajstić information content (AvgIpc) is 3.08. The largest absolute Gasteiger partial charge is 0.462 e. The normalized spacial score (nSPS) is 37.0. The SMILES string of the molecule is CC[C@H]1OC(=O)C[C@@H](O)[C@H](C)[C@@H](OC2OC(C)C(O)C(N(C)C)C2O)[C@@H](CC=O)C[C@@H](C)C(=N/OCc2ccc(F)cc2)/C=C/C(C)=C/C1CO. The number of aldehydes is 1. The summed E-state index contributed by atoms with van der Waals surface area (Å²) in [5.41, 5.74) is 2.00. The summed E-state index contributed by atoms with van der Waals surface area (Å²) in [6.45, 7) is 8.77. The van der Waals surface area contributed by atoms with E-state index in [4.69, 9.17) is 19.0 Å². The quantitative estimate of drug-likeness (QED) is 0.159. The summed E-state index contributed by atoms with van der Waals surface area (Å²) in [5.74, 6) is -3.20. The third-order valence-electron chi connectivity index (χ3n) is 9.90. The Bertz CT molecular complexity index is 1340. The minimum atomic E-state index is -1.29. The van der Waals surface area contributed by atoms with Crippen molar-refractivity contribution in [3.05, 3.63) is 59.4 Å². The van der Waals surface area contributed by atoms with Gasteiger partial charge in [-0.2, -0.15) is 0 Å². The van der Waals surface area contributed by atoms with Gasteiger partial charge >= 0.3 is 5.97 Å². The predicted octanol–water partition coefficient (Wildman–Crippen LogP) is 3.55. The molecular formula is C38H57FN2O10. The Morgan fingerprint density at radius 1 is 1.08 bits per heavy atom. The maximum absolute atomic E-state index is 13.5. The van der Waals surface area contributed by atoms with Crippen LogP contribution < -0.4 is 0 Å². The number of nitrogens with zero attached hydrogens (tertiary/aromatic N) is 2. The fraction of sp³-hybridized carbons (Fsp3) is 0.658. The molecule has 0 amide bonds. The lowest BCUT2D eigenvalue weighted by atomic mass is 9.79. The molecule has 1 aromatic carbocycles. The number of cyclic esters (lactones) is 1. The molecule has 286 valence electrons. The number of likely N-dealkylation sites (N-methyl/N-ethyl adjacent to an activating group) is 1. The number of oxime groups is 1. The van der Waals surface area contributed by atoms with Crippen molar-refractivity contribution in [2.24, 2.45) is 28.8 Å². The Morgan fingerprint density at radius 2 is 1.76 bits per heavy atom. The van der Waals surface area contributed by atoms with Gasteiger partial charge in [0.1, 0.15) is 30.9 Å². The van der Waals surface area contributed by atoms with E-state index in [1.165, 1.54) is 12.1 Å². The number of benzene rings is 1. The molecule has 0 bridgehead atoms. The van der Waals surface area contributed by atoms with Gasteiger partial charge in [0.2, 0.25) is 0 Å². The number of aliphatic hydroxyl groups excluding tert-OH is 4. The molecule has 6 unspecified atom stereocenters. The minimum Gasteiger partial charge on any atom is -0.462 e. The molecule has 0 radical (unpaired) electrons. The van der Waals surface area contributed by atoms with E-state index in [-0.39, 0.29) is 37.8 Å². The molecular weight excluding hydrogens is 663 g/mol. The first-order chi connectivity index (χ1) is 24.2. The van der Waals surface area contributed by atoms with Crippen molar-refractivity contribution in [1.82, 2.24) is 4.90 Å². The fourth-order valence-electron chi connectivity index (χ4n) is 6.82. The highest BCUT2D eigenvalue weighted by Gasteiger charge is 2.47. The molecule has 0 saturated carbocycles. The van der Waals surface area contributed by atoms with Crippen molar-refractivity contribution < 1.29 is 53.5 Å². The molecule has 12 nitrogen and oxygen atoms in total. The summed E-state index contributed by atoms with van der Waals surface area (Å²) in [6.07, 6.45) is -0.565. The van der Waals surface area contributed by atoms with Crippen LogP contribution in [0.25, 0.3) is 0 Å². The van der Waals surface area contributed by atoms with E-state index in [1.54, 1.807) is 51.1 Å². The van der Waals surface area contributed by atoms with Gasteiger partial charge in [-0.3, -0.25) is 4.79 Å². The van der Waals surface area contributed by atoms with Crippen LogP contribution in [0.15, 0.2) is 53.2 Å². The molecule has 1 aromatic rings. The van der Waals surface area contributed by atoms with Gasteiger partial charge in [0.25, 0.3) is 0 Å². The van der Waals surface area contributed by atoms with Gasteiger partial charge in [-0.1, -0.05) is 55.8 Å².